The number of hydrogen-bond acceptors (Lipinski definition) is 6. The molecular weight excluding hydrogens is 348 g/mol. The van der Waals surface area contributed by atoms with Crippen molar-refractivity contribution >= 4 is 15.9 Å². The summed E-state index contributed by atoms with van der Waals surface area (Å²) in [6.45, 7) is 3.25. The third kappa shape index (κ3) is 3.79. The number of benzene rings is 1. The van der Waals surface area contributed by atoms with Gasteiger partial charge in [-0.3, -0.25) is 4.79 Å². The van der Waals surface area contributed by atoms with Crippen molar-refractivity contribution in [2.24, 2.45) is 0 Å². The largest absolute Gasteiger partial charge is 0.496 e. The number of ether oxygens (including phenoxy) is 3. The predicted molar refractivity (Wildman–Crippen MR) is 89.3 cm³/mol. The van der Waals surface area contributed by atoms with Crippen molar-refractivity contribution in [2.45, 2.75) is 4.90 Å². The van der Waals surface area contributed by atoms with E-state index in [1.54, 1.807) is 4.90 Å². The Hall–Kier alpha value is -1.68. The first-order valence-electron chi connectivity index (χ1n) is 8.17. The van der Waals surface area contributed by atoms with Gasteiger partial charge in [0.2, 0.25) is 10.0 Å². The first kappa shape index (κ1) is 18.1. The Kier molecular flexibility index (Phi) is 5.57. The van der Waals surface area contributed by atoms with Gasteiger partial charge in [-0.15, -0.1) is 0 Å². The maximum atomic E-state index is 12.8. The van der Waals surface area contributed by atoms with Gasteiger partial charge in [0.1, 0.15) is 5.75 Å². The second-order valence-electron chi connectivity index (χ2n) is 5.78. The summed E-state index contributed by atoms with van der Waals surface area (Å²) in [5.74, 6) is 0.108. The van der Waals surface area contributed by atoms with E-state index >= 15 is 0 Å². The van der Waals surface area contributed by atoms with E-state index in [4.69, 9.17) is 14.2 Å². The highest BCUT2D eigenvalue weighted by Gasteiger charge is 2.29. The highest BCUT2D eigenvalue weighted by molar-refractivity contribution is 7.89. The van der Waals surface area contributed by atoms with E-state index in [-0.39, 0.29) is 16.4 Å². The van der Waals surface area contributed by atoms with Crippen molar-refractivity contribution in [3.63, 3.8) is 0 Å². The molecule has 0 spiro atoms. The molecule has 0 radical (unpaired) electrons. The topological polar surface area (TPSA) is 85.4 Å². The Morgan fingerprint density at radius 3 is 2.24 bits per heavy atom. The van der Waals surface area contributed by atoms with Gasteiger partial charge in [-0.2, -0.15) is 4.31 Å². The fourth-order valence-corrected chi connectivity index (χ4v) is 4.32. The fourth-order valence-electron chi connectivity index (χ4n) is 2.89. The van der Waals surface area contributed by atoms with Gasteiger partial charge in [0.05, 0.1) is 44.0 Å². The number of carbonyl (C=O) groups excluding carboxylic acids is 1. The number of hydrogen-bond donors (Lipinski definition) is 0. The molecular formula is C16H22N2O6S. The predicted octanol–water partition coefficient (Wildman–Crippen LogP) is 0.189. The molecule has 2 fully saturated rings. The summed E-state index contributed by atoms with van der Waals surface area (Å²) in [7, 11) is -2.21. The van der Waals surface area contributed by atoms with Crippen LogP contribution in [0.15, 0.2) is 23.1 Å². The van der Waals surface area contributed by atoms with E-state index in [2.05, 4.69) is 0 Å². The van der Waals surface area contributed by atoms with Crippen LogP contribution in [-0.4, -0.2) is 83.2 Å². The summed E-state index contributed by atoms with van der Waals surface area (Å²) >= 11 is 0. The van der Waals surface area contributed by atoms with Crippen LogP contribution in [0.4, 0.5) is 0 Å². The van der Waals surface area contributed by atoms with E-state index < -0.39 is 10.0 Å². The Morgan fingerprint density at radius 2 is 1.64 bits per heavy atom. The molecule has 0 aliphatic carbocycles. The maximum Gasteiger partial charge on any atom is 0.257 e. The van der Waals surface area contributed by atoms with Gasteiger partial charge in [0, 0.05) is 26.2 Å². The molecule has 0 atom stereocenters. The monoisotopic (exact) mass is 370 g/mol. The highest BCUT2D eigenvalue weighted by atomic mass is 32.2. The van der Waals surface area contributed by atoms with Crippen LogP contribution in [0.5, 0.6) is 5.75 Å². The number of carbonyl (C=O) groups is 1. The SMILES string of the molecule is COc1ccc(S(=O)(=O)N2CCOCC2)cc1C(=O)N1CCOCC1. The number of sulfonamides is 1. The van der Waals surface area contributed by atoms with Gasteiger partial charge in [0.25, 0.3) is 5.91 Å². The highest BCUT2D eigenvalue weighted by Crippen LogP contribution is 2.26. The quantitative estimate of drug-likeness (QED) is 0.752. The molecule has 1 aromatic rings. The Balaban J connectivity index is 1.92. The second kappa shape index (κ2) is 7.69. The summed E-state index contributed by atoms with van der Waals surface area (Å²) < 4.78 is 42.8. The Labute approximate surface area is 147 Å². The summed E-state index contributed by atoms with van der Waals surface area (Å²) in [5.41, 5.74) is 0.249. The molecule has 138 valence electrons. The Morgan fingerprint density at radius 1 is 1.04 bits per heavy atom. The molecule has 25 heavy (non-hydrogen) atoms. The number of methoxy groups -OCH3 is 1. The number of rotatable bonds is 4. The average molecular weight is 370 g/mol. The van der Waals surface area contributed by atoms with Gasteiger partial charge in [-0.1, -0.05) is 0 Å². The van der Waals surface area contributed by atoms with Gasteiger partial charge in [0.15, 0.2) is 0 Å². The maximum absolute atomic E-state index is 12.8. The zero-order chi connectivity index (χ0) is 17.9. The van der Waals surface area contributed by atoms with E-state index in [0.717, 1.165) is 0 Å². The summed E-state index contributed by atoms with van der Waals surface area (Å²) in [4.78, 5) is 14.5. The van der Waals surface area contributed by atoms with E-state index in [1.807, 2.05) is 0 Å². The molecule has 0 saturated carbocycles. The van der Waals surface area contributed by atoms with Crippen LogP contribution in [0.25, 0.3) is 0 Å². The Bertz CT molecular complexity index is 724. The zero-order valence-electron chi connectivity index (χ0n) is 14.1. The lowest BCUT2D eigenvalue weighted by atomic mass is 10.1. The van der Waals surface area contributed by atoms with Crippen LogP contribution in [-0.2, 0) is 19.5 Å². The standard InChI is InChI=1S/C16H22N2O6S/c1-22-15-3-2-13(25(20,21)18-6-10-24-11-7-18)12-14(15)16(19)17-4-8-23-9-5-17/h2-3,12H,4-11H2,1H3. The molecule has 2 saturated heterocycles. The molecule has 8 nitrogen and oxygen atoms in total. The summed E-state index contributed by atoms with van der Waals surface area (Å²) in [6, 6.07) is 4.40. The summed E-state index contributed by atoms with van der Waals surface area (Å²) in [5, 5.41) is 0. The molecule has 1 aromatic carbocycles. The normalized spacial score (nSPS) is 19.6. The molecule has 0 aromatic heterocycles. The first-order chi connectivity index (χ1) is 12.0. The molecule has 0 N–H and O–H groups in total. The second-order valence-corrected chi connectivity index (χ2v) is 7.72. The van der Waals surface area contributed by atoms with Crippen molar-refractivity contribution in [2.75, 3.05) is 59.7 Å². The van der Waals surface area contributed by atoms with Crippen molar-refractivity contribution in [3.05, 3.63) is 23.8 Å². The van der Waals surface area contributed by atoms with Gasteiger partial charge >= 0.3 is 0 Å². The van der Waals surface area contributed by atoms with Gasteiger partial charge in [-0.05, 0) is 18.2 Å². The molecule has 2 aliphatic heterocycles. The van der Waals surface area contributed by atoms with Crippen molar-refractivity contribution in [1.29, 1.82) is 0 Å². The van der Waals surface area contributed by atoms with E-state index in [1.165, 1.54) is 29.6 Å². The molecule has 0 unspecified atom stereocenters. The molecule has 9 heteroatoms. The minimum Gasteiger partial charge on any atom is -0.496 e. The molecule has 0 bridgehead atoms. The first-order valence-corrected chi connectivity index (χ1v) is 9.61. The molecule has 2 aliphatic rings. The van der Waals surface area contributed by atoms with E-state index in [9.17, 15) is 13.2 Å². The van der Waals surface area contributed by atoms with Gasteiger partial charge in [-0.25, -0.2) is 8.42 Å². The summed E-state index contributed by atoms with van der Waals surface area (Å²) in [6.07, 6.45) is 0. The van der Waals surface area contributed by atoms with Crippen LogP contribution in [0.1, 0.15) is 10.4 Å². The minimum absolute atomic E-state index is 0.0896. The number of morpholine rings is 2. The van der Waals surface area contributed by atoms with E-state index in [0.29, 0.717) is 58.4 Å². The lowest BCUT2D eigenvalue weighted by molar-refractivity contribution is 0.0300. The van der Waals surface area contributed by atoms with Gasteiger partial charge < -0.3 is 19.1 Å². The lowest BCUT2D eigenvalue weighted by Crippen LogP contribution is -2.41. The zero-order valence-corrected chi connectivity index (χ0v) is 15.0. The van der Waals surface area contributed by atoms with Crippen molar-refractivity contribution in [1.82, 2.24) is 9.21 Å². The third-order valence-electron chi connectivity index (χ3n) is 4.31. The van der Waals surface area contributed by atoms with Crippen LogP contribution >= 0.6 is 0 Å². The average Bonchev–Trinajstić information content (AvgIpc) is 2.68. The number of amides is 1. The van der Waals surface area contributed by atoms with Crippen LogP contribution in [0.2, 0.25) is 0 Å². The smallest absolute Gasteiger partial charge is 0.257 e. The third-order valence-corrected chi connectivity index (χ3v) is 6.20. The van der Waals surface area contributed by atoms with Crippen LogP contribution in [0, 0.1) is 0 Å². The molecule has 2 heterocycles. The fraction of sp³-hybridized carbons (Fsp3) is 0.562. The van der Waals surface area contributed by atoms with Crippen molar-refractivity contribution < 1.29 is 27.4 Å². The lowest BCUT2D eigenvalue weighted by Gasteiger charge is -2.28. The minimum atomic E-state index is -3.67. The van der Waals surface area contributed by atoms with Crippen molar-refractivity contribution in [3.8, 4) is 5.75 Å². The number of nitrogens with zero attached hydrogens (tertiary/aromatic N) is 2. The van der Waals surface area contributed by atoms with Crippen LogP contribution in [0.3, 0.4) is 0 Å². The van der Waals surface area contributed by atoms with Crippen LogP contribution < -0.4 is 4.74 Å². The molecule has 1 amide bonds. The molecule has 3 rings (SSSR count).